The van der Waals surface area contributed by atoms with Crippen LogP contribution in [0.5, 0.6) is 11.5 Å². The first-order valence-electron chi connectivity index (χ1n) is 10.2. The maximum atomic E-state index is 12.7. The van der Waals surface area contributed by atoms with Crippen LogP contribution >= 0.6 is 0 Å². The molecule has 4 heteroatoms. The molecular formula is C27H24O4. The largest absolute Gasteiger partial charge is 0.452 e. The second-order valence-electron chi connectivity index (χ2n) is 8.61. The van der Waals surface area contributed by atoms with Crippen LogP contribution in [-0.4, -0.2) is 11.8 Å². The summed E-state index contributed by atoms with van der Waals surface area (Å²) in [6.45, 7) is 6.47. The van der Waals surface area contributed by atoms with Crippen molar-refractivity contribution >= 4 is 17.8 Å². The summed E-state index contributed by atoms with van der Waals surface area (Å²) in [6, 6.07) is 22.3. The first kappa shape index (κ1) is 20.6. The maximum Gasteiger partial charge on any atom is 0.315 e. The average molecular weight is 412 g/mol. The molecule has 156 valence electrons. The van der Waals surface area contributed by atoms with E-state index in [2.05, 4.69) is 32.9 Å². The molecule has 1 aliphatic rings. The van der Waals surface area contributed by atoms with Crippen molar-refractivity contribution in [1.29, 1.82) is 0 Å². The summed E-state index contributed by atoms with van der Waals surface area (Å²) in [5, 5.41) is 0. The second-order valence-corrected chi connectivity index (χ2v) is 8.61. The minimum absolute atomic E-state index is 0.0654. The highest BCUT2D eigenvalue weighted by Crippen LogP contribution is 2.35. The maximum absolute atomic E-state index is 12.7. The minimum Gasteiger partial charge on any atom is -0.452 e. The van der Waals surface area contributed by atoms with Crippen molar-refractivity contribution in [2.75, 3.05) is 0 Å². The normalized spacial score (nSPS) is 14.3. The monoisotopic (exact) mass is 412 g/mol. The molecule has 31 heavy (non-hydrogen) atoms. The van der Waals surface area contributed by atoms with E-state index in [1.165, 1.54) is 5.56 Å². The number of allylic oxidation sites excluding steroid dienone is 1. The number of ketones is 1. The molecule has 0 fully saturated rings. The van der Waals surface area contributed by atoms with E-state index in [1.807, 2.05) is 42.5 Å². The molecule has 1 aliphatic heterocycles. The zero-order chi connectivity index (χ0) is 22.0. The highest BCUT2D eigenvalue weighted by molar-refractivity contribution is 6.14. The van der Waals surface area contributed by atoms with Gasteiger partial charge in [-0.1, -0.05) is 75.4 Å². The Morgan fingerprint density at radius 3 is 2.35 bits per heavy atom. The van der Waals surface area contributed by atoms with Crippen LogP contribution in [0.25, 0.3) is 6.08 Å². The summed E-state index contributed by atoms with van der Waals surface area (Å²) in [6.07, 6.45) is 1.91. The lowest BCUT2D eigenvalue weighted by molar-refractivity contribution is -0.133. The van der Waals surface area contributed by atoms with Crippen LogP contribution in [0.1, 0.15) is 47.8 Å². The van der Waals surface area contributed by atoms with Gasteiger partial charge in [-0.25, -0.2) is 0 Å². The Kier molecular flexibility index (Phi) is 5.47. The molecule has 0 bridgehead atoms. The fraction of sp³-hybridized carbons (Fsp3) is 0.185. The summed E-state index contributed by atoms with van der Waals surface area (Å²) in [4.78, 5) is 24.9. The molecule has 4 rings (SSSR count). The zero-order valence-corrected chi connectivity index (χ0v) is 17.8. The molecule has 0 N–H and O–H groups in total. The van der Waals surface area contributed by atoms with Crippen molar-refractivity contribution in [2.24, 2.45) is 0 Å². The van der Waals surface area contributed by atoms with Gasteiger partial charge in [0.15, 0.2) is 5.76 Å². The molecule has 1 heterocycles. The Balaban J connectivity index is 1.47. The topological polar surface area (TPSA) is 52.6 Å². The number of esters is 1. The fourth-order valence-corrected chi connectivity index (χ4v) is 3.39. The number of fused-ring (bicyclic) bond motifs is 1. The third-order valence-electron chi connectivity index (χ3n) is 5.14. The van der Waals surface area contributed by atoms with Crippen molar-refractivity contribution in [3.63, 3.8) is 0 Å². The van der Waals surface area contributed by atoms with Crippen molar-refractivity contribution in [1.82, 2.24) is 0 Å². The van der Waals surface area contributed by atoms with E-state index in [0.29, 0.717) is 17.1 Å². The lowest BCUT2D eigenvalue weighted by atomic mass is 9.86. The molecule has 0 radical (unpaired) electrons. The molecule has 0 unspecified atom stereocenters. The smallest absolute Gasteiger partial charge is 0.315 e. The van der Waals surface area contributed by atoms with Gasteiger partial charge in [0, 0.05) is 6.07 Å². The van der Waals surface area contributed by atoms with Gasteiger partial charge in [-0.05, 0) is 40.3 Å². The second kappa shape index (κ2) is 8.23. The summed E-state index contributed by atoms with van der Waals surface area (Å²) in [5.74, 6) is 0.448. The van der Waals surface area contributed by atoms with E-state index >= 15 is 0 Å². The van der Waals surface area contributed by atoms with E-state index in [0.717, 1.165) is 11.1 Å². The number of rotatable bonds is 4. The Morgan fingerprint density at radius 1 is 0.968 bits per heavy atom. The van der Waals surface area contributed by atoms with Gasteiger partial charge in [0.25, 0.3) is 0 Å². The Morgan fingerprint density at radius 2 is 1.68 bits per heavy atom. The summed E-state index contributed by atoms with van der Waals surface area (Å²) < 4.78 is 11.2. The molecule has 0 aliphatic carbocycles. The number of ether oxygens (including phenoxy) is 2. The van der Waals surface area contributed by atoms with Gasteiger partial charge in [0.2, 0.25) is 5.78 Å². The first-order chi connectivity index (χ1) is 14.8. The SMILES string of the molecule is CC(C)(C)c1ccc(/C=C2\Oc3cc(OC(=O)Cc4ccccc4)ccc3C2=O)cc1. The molecule has 4 nitrogen and oxygen atoms in total. The van der Waals surface area contributed by atoms with Gasteiger partial charge in [-0.15, -0.1) is 0 Å². The highest BCUT2D eigenvalue weighted by atomic mass is 16.5. The van der Waals surface area contributed by atoms with Crippen LogP contribution in [-0.2, 0) is 16.6 Å². The van der Waals surface area contributed by atoms with E-state index < -0.39 is 0 Å². The summed E-state index contributed by atoms with van der Waals surface area (Å²) in [7, 11) is 0. The third-order valence-corrected chi connectivity index (χ3v) is 5.14. The number of carbonyl (C=O) groups excluding carboxylic acids is 2. The fourth-order valence-electron chi connectivity index (χ4n) is 3.39. The lowest BCUT2D eigenvalue weighted by Gasteiger charge is -2.18. The lowest BCUT2D eigenvalue weighted by Crippen LogP contribution is -2.11. The molecule has 0 amide bonds. The van der Waals surface area contributed by atoms with Gasteiger partial charge < -0.3 is 9.47 Å². The molecule has 0 atom stereocenters. The van der Waals surface area contributed by atoms with Crippen LogP contribution in [0, 0.1) is 0 Å². The number of hydrogen-bond donors (Lipinski definition) is 0. The van der Waals surface area contributed by atoms with Gasteiger partial charge in [0.05, 0.1) is 12.0 Å². The van der Waals surface area contributed by atoms with Crippen LogP contribution in [0.3, 0.4) is 0 Å². The first-order valence-corrected chi connectivity index (χ1v) is 10.2. The predicted molar refractivity (Wildman–Crippen MR) is 120 cm³/mol. The van der Waals surface area contributed by atoms with Crippen molar-refractivity contribution < 1.29 is 19.1 Å². The van der Waals surface area contributed by atoms with Crippen molar-refractivity contribution in [3.05, 3.63) is 101 Å². The number of hydrogen-bond acceptors (Lipinski definition) is 4. The number of benzene rings is 3. The standard InChI is InChI=1S/C27H24O4/c1-27(2,3)20-11-9-19(10-12-20)15-24-26(29)22-14-13-21(17-23(22)31-24)30-25(28)16-18-7-5-4-6-8-18/h4-15,17H,16H2,1-3H3/b24-15-. The van der Waals surface area contributed by atoms with Gasteiger partial charge >= 0.3 is 5.97 Å². The molecule has 0 spiro atoms. The molecule has 3 aromatic carbocycles. The predicted octanol–water partition coefficient (Wildman–Crippen LogP) is 5.75. The van der Waals surface area contributed by atoms with E-state index in [4.69, 9.17) is 9.47 Å². The molecule has 0 saturated carbocycles. The highest BCUT2D eigenvalue weighted by Gasteiger charge is 2.28. The van der Waals surface area contributed by atoms with Gasteiger partial charge in [-0.3, -0.25) is 9.59 Å². The van der Waals surface area contributed by atoms with Crippen LogP contribution < -0.4 is 9.47 Å². The van der Waals surface area contributed by atoms with Crippen LogP contribution in [0.2, 0.25) is 0 Å². The Bertz CT molecular complexity index is 1150. The number of carbonyl (C=O) groups is 2. The van der Waals surface area contributed by atoms with Crippen LogP contribution in [0.15, 0.2) is 78.6 Å². The molecule has 0 aromatic heterocycles. The summed E-state index contributed by atoms with van der Waals surface area (Å²) in [5.41, 5.74) is 3.51. The van der Waals surface area contributed by atoms with E-state index in [1.54, 1.807) is 24.3 Å². The van der Waals surface area contributed by atoms with Crippen molar-refractivity contribution in [3.8, 4) is 11.5 Å². The van der Waals surface area contributed by atoms with Gasteiger partial charge in [0.1, 0.15) is 11.5 Å². The van der Waals surface area contributed by atoms with Crippen molar-refractivity contribution in [2.45, 2.75) is 32.6 Å². The zero-order valence-electron chi connectivity index (χ0n) is 17.8. The molecule has 0 saturated heterocycles. The average Bonchev–Trinajstić information content (AvgIpc) is 3.03. The summed E-state index contributed by atoms with van der Waals surface area (Å²) >= 11 is 0. The Labute approximate surface area is 182 Å². The van der Waals surface area contributed by atoms with E-state index in [-0.39, 0.29) is 29.3 Å². The number of Topliss-reactive ketones (excluding diaryl/α,β-unsaturated/α-hetero) is 1. The van der Waals surface area contributed by atoms with Crippen LogP contribution in [0.4, 0.5) is 0 Å². The molecule has 3 aromatic rings. The van der Waals surface area contributed by atoms with Gasteiger partial charge in [-0.2, -0.15) is 0 Å². The third kappa shape index (κ3) is 4.75. The van der Waals surface area contributed by atoms with E-state index in [9.17, 15) is 9.59 Å². The Hall–Kier alpha value is -3.66. The molecular weight excluding hydrogens is 388 g/mol. The quantitative estimate of drug-likeness (QED) is 0.311. The minimum atomic E-state index is -0.370.